The van der Waals surface area contributed by atoms with Crippen LogP contribution in [0.1, 0.15) is 5.56 Å². The number of nitrogens with zero attached hydrogens (tertiary/aromatic N) is 1. The molecule has 2 rings (SSSR count). The fourth-order valence-electron chi connectivity index (χ4n) is 1.29. The maximum atomic E-state index is 8.52. The third-order valence-corrected chi connectivity index (χ3v) is 2.21. The lowest BCUT2D eigenvalue weighted by atomic mass is 10.2. The largest absolute Gasteiger partial charge is 0.497 e. The van der Waals surface area contributed by atoms with Crippen molar-refractivity contribution in [1.82, 2.24) is 0 Å². The summed E-state index contributed by atoms with van der Waals surface area (Å²) in [4.78, 5) is 0. The van der Waals surface area contributed by atoms with E-state index in [1.807, 2.05) is 42.5 Å². The van der Waals surface area contributed by atoms with Gasteiger partial charge in [-0.15, -0.1) is 0 Å². The van der Waals surface area contributed by atoms with Crippen LogP contribution in [0.3, 0.4) is 0 Å². The molecular formula is C15H15NO2. The Kier molecular flexibility index (Phi) is 5.85. The standard InChI is InChI=1S/C8H7NO.C7H8O/c1-10-8-5-3-2-4-7(8)6-9;1-8-7-5-3-2-4-6-7/h2-5H,1H3;2-6H,1H3. The van der Waals surface area contributed by atoms with Crippen LogP contribution in [0.4, 0.5) is 0 Å². The summed E-state index contributed by atoms with van der Waals surface area (Å²) >= 11 is 0. The van der Waals surface area contributed by atoms with Gasteiger partial charge in [0, 0.05) is 0 Å². The van der Waals surface area contributed by atoms with Crippen molar-refractivity contribution in [2.24, 2.45) is 0 Å². The van der Waals surface area contributed by atoms with Crippen molar-refractivity contribution in [2.45, 2.75) is 0 Å². The number of rotatable bonds is 2. The van der Waals surface area contributed by atoms with Crippen LogP contribution in [0.25, 0.3) is 0 Å². The molecule has 0 amide bonds. The zero-order chi connectivity index (χ0) is 13.2. The molecule has 0 heterocycles. The van der Waals surface area contributed by atoms with E-state index in [1.165, 1.54) is 0 Å². The third-order valence-electron chi connectivity index (χ3n) is 2.21. The molecule has 3 heteroatoms. The van der Waals surface area contributed by atoms with E-state index >= 15 is 0 Å². The van der Waals surface area contributed by atoms with E-state index in [0.717, 1.165) is 5.75 Å². The van der Waals surface area contributed by atoms with Crippen molar-refractivity contribution in [3.8, 4) is 17.6 Å². The number of ether oxygens (including phenoxy) is 2. The highest BCUT2D eigenvalue weighted by Gasteiger charge is 1.96. The molecule has 0 aliphatic carbocycles. The van der Waals surface area contributed by atoms with E-state index in [4.69, 9.17) is 14.7 Å². The summed E-state index contributed by atoms with van der Waals surface area (Å²) in [6.45, 7) is 0. The molecular weight excluding hydrogens is 226 g/mol. The summed E-state index contributed by atoms with van der Waals surface area (Å²) in [5, 5.41) is 8.52. The second-order valence-electron chi connectivity index (χ2n) is 3.33. The van der Waals surface area contributed by atoms with E-state index in [2.05, 4.69) is 0 Å². The normalized spacial score (nSPS) is 8.50. The predicted molar refractivity (Wildman–Crippen MR) is 70.7 cm³/mol. The smallest absolute Gasteiger partial charge is 0.136 e. The summed E-state index contributed by atoms with van der Waals surface area (Å²) in [5.41, 5.74) is 0.574. The summed E-state index contributed by atoms with van der Waals surface area (Å²) in [5.74, 6) is 1.54. The molecule has 3 nitrogen and oxygen atoms in total. The lowest BCUT2D eigenvalue weighted by Crippen LogP contribution is -1.85. The molecule has 2 aromatic rings. The van der Waals surface area contributed by atoms with Gasteiger partial charge in [-0.2, -0.15) is 5.26 Å². The summed E-state index contributed by atoms with van der Waals surface area (Å²) in [6, 6.07) is 18.8. The molecule has 0 aromatic heterocycles. The molecule has 0 saturated heterocycles. The summed E-state index contributed by atoms with van der Waals surface area (Å²) in [6.07, 6.45) is 0. The van der Waals surface area contributed by atoms with Gasteiger partial charge in [0.1, 0.15) is 17.6 Å². The van der Waals surface area contributed by atoms with Crippen molar-refractivity contribution in [2.75, 3.05) is 14.2 Å². The number of methoxy groups -OCH3 is 2. The third kappa shape index (κ3) is 4.18. The zero-order valence-corrected chi connectivity index (χ0v) is 10.5. The molecule has 0 N–H and O–H groups in total. The average molecular weight is 241 g/mol. The topological polar surface area (TPSA) is 42.2 Å². The fraction of sp³-hybridized carbons (Fsp3) is 0.133. The van der Waals surface area contributed by atoms with Crippen molar-refractivity contribution in [1.29, 1.82) is 5.26 Å². The van der Waals surface area contributed by atoms with Gasteiger partial charge in [0.2, 0.25) is 0 Å². The van der Waals surface area contributed by atoms with Gasteiger partial charge in [-0.1, -0.05) is 30.3 Å². The first kappa shape index (κ1) is 13.6. The Balaban J connectivity index is 0.000000184. The quantitative estimate of drug-likeness (QED) is 0.810. The molecule has 92 valence electrons. The van der Waals surface area contributed by atoms with E-state index in [0.29, 0.717) is 11.3 Å². The Morgan fingerprint density at radius 2 is 1.44 bits per heavy atom. The number of nitriles is 1. The maximum Gasteiger partial charge on any atom is 0.136 e. The Labute approximate surface area is 107 Å². The molecule has 2 aromatic carbocycles. The van der Waals surface area contributed by atoms with Gasteiger partial charge in [0.25, 0.3) is 0 Å². The van der Waals surface area contributed by atoms with Gasteiger partial charge in [-0.25, -0.2) is 0 Å². The van der Waals surface area contributed by atoms with Gasteiger partial charge in [-0.3, -0.25) is 0 Å². The van der Waals surface area contributed by atoms with E-state index in [9.17, 15) is 0 Å². The molecule has 0 radical (unpaired) electrons. The Bertz CT molecular complexity index is 503. The van der Waals surface area contributed by atoms with Crippen LogP contribution in [0.2, 0.25) is 0 Å². The summed E-state index contributed by atoms with van der Waals surface area (Å²) < 4.78 is 9.83. The Morgan fingerprint density at radius 1 is 0.833 bits per heavy atom. The zero-order valence-electron chi connectivity index (χ0n) is 10.5. The number of hydrogen-bond donors (Lipinski definition) is 0. The minimum Gasteiger partial charge on any atom is -0.497 e. The molecule has 0 bridgehead atoms. The van der Waals surface area contributed by atoms with Gasteiger partial charge < -0.3 is 9.47 Å². The van der Waals surface area contributed by atoms with Crippen LogP contribution < -0.4 is 9.47 Å². The molecule has 0 spiro atoms. The molecule has 0 fully saturated rings. The molecule has 18 heavy (non-hydrogen) atoms. The van der Waals surface area contributed by atoms with E-state index < -0.39 is 0 Å². The molecule has 0 unspecified atom stereocenters. The summed E-state index contributed by atoms with van der Waals surface area (Å²) in [7, 11) is 3.21. The average Bonchev–Trinajstić information content (AvgIpc) is 2.48. The lowest BCUT2D eigenvalue weighted by molar-refractivity contribution is 0.413. The minimum absolute atomic E-state index is 0.574. The molecule has 0 atom stereocenters. The van der Waals surface area contributed by atoms with Gasteiger partial charge >= 0.3 is 0 Å². The Morgan fingerprint density at radius 3 is 1.89 bits per heavy atom. The van der Waals surface area contributed by atoms with Crippen LogP contribution in [0.5, 0.6) is 11.5 Å². The maximum absolute atomic E-state index is 8.52. The monoisotopic (exact) mass is 241 g/mol. The fourth-order valence-corrected chi connectivity index (χ4v) is 1.29. The molecule has 0 aliphatic heterocycles. The minimum atomic E-state index is 0.574. The van der Waals surface area contributed by atoms with Gasteiger partial charge in [0.15, 0.2) is 0 Å². The van der Waals surface area contributed by atoms with Crippen LogP contribution >= 0.6 is 0 Å². The van der Waals surface area contributed by atoms with Crippen LogP contribution in [-0.2, 0) is 0 Å². The van der Waals surface area contributed by atoms with Crippen molar-refractivity contribution < 1.29 is 9.47 Å². The molecule has 0 saturated carbocycles. The first-order chi connectivity index (χ1) is 8.81. The van der Waals surface area contributed by atoms with E-state index in [1.54, 1.807) is 32.4 Å². The highest BCUT2D eigenvalue weighted by molar-refractivity contribution is 5.42. The SMILES string of the molecule is COc1ccccc1.COc1ccccc1C#N. The predicted octanol–water partition coefficient (Wildman–Crippen LogP) is 3.26. The first-order valence-electron chi connectivity index (χ1n) is 5.44. The number of benzene rings is 2. The second-order valence-corrected chi connectivity index (χ2v) is 3.33. The van der Waals surface area contributed by atoms with Gasteiger partial charge in [0.05, 0.1) is 19.8 Å². The van der Waals surface area contributed by atoms with Gasteiger partial charge in [-0.05, 0) is 24.3 Å². The molecule has 0 aliphatic rings. The second kappa shape index (κ2) is 7.75. The highest BCUT2D eigenvalue weighted by atomic mass is 16.5. The van der Waals surface area contributed by atoms with E-state index in [-0.39, 0.29) is 0 Å². The van der Waals surface area contributed by atoms with Crippen molar-refractivity contribution in [3.63, 3.8) is 0 Å². The number of hydrogen-bond acceptors (Lipinski definition) is 3. The van der Waals surface area contributed by atoms with Crippen molar-refractivity contribution >= 4 is 0 Å². The lowest BCUT2D eigenvalue weighted by Gasteiger charge is -1.98. The highest BCUT2D eigenvalue weighted by Crippen LogP contribution is 2.14. The van der Waals surface area contributed by atoms with Crippen LogP contribution in [0, 0.1) is 11.3 Å². The van der Waals surface area contributed by atoms with Crippen LogP contribution in [-0.4, -0.2) is 14.2 Å². The Hall–Kier alpha value is -2.47. The van der Waals surface area contributed by atoms with Crippen LogP contribution in [0.15, 0.2) is 54.6 Å². The van der Waals surface area contributed by atoms with Crippen molar-refractivity contribution in [3.05, 3.63) is 60.2 Å². The first-order valence-corrected chi connectivity index (χ1v) is 5.44. The number of para-hydroxylation sites is 2.